The van der Waals surface area contributed by atoms with E-state index in [4.69, 9.17) is 5.73 Å². The number of anilines is 1. The lowest BCUT2D eigenvalue weighted by molar-refractivity contribution is -0.116. The van der Waals surface area contributed by atoms with Crippen LogP contribution in [-0.4, -0.2) is 24.5 Å². The minimum atomic E-state index is 0. The largest absolute Gasteiger partial charge is 0.370 e. The van der Waals surface area contributed by atoms with Crippen LogP contribution in [0.1, 0.15) is 56.4 Å². The molecule has 1 heterocycles. The number of fused-ring (bicyclic) bond motifs is 1. The molecule has 1 saturated carbocycles. The second-order valence-corrected chi connectivity index (χ2v) is 6.60. The molecule has 1 unspecified atom stereocenters. The summed E-state index contributed by atoms with van der Waals surface area (Å²) in [5.41, 5.74) is 8.12. The van der Waals surface area contributed by atoms with Gasteiger partial charge in [0.2, 0.25) is 5.91 Å². The van der Waals surface area contributed by atoms with E-state index in [0.29, 0.717) is 25.0 Å². The van der Waals surface area contributed by atoms with Gasteiger partial charge in [-0.2, -0.15) is 0 Å². The van der Waals surface area contributed by atoms with Gasteiger partial charge >= 0.3 is 0 Å². The molecule has 1 aliphatic heterocycles. The Morgan fingerprint density at radius 3 is 2.67 bits per heavy atom. The van der Waals surface area contributed by atoms with Crippen molar-refractivity contribution in [2.75, 3.05) is 11.9 Å². The van der Waals surface area contributed by atoms with Crippen LogP contribution in [0.4, 0.5) is 5.69 Å². The molecule has 6 heteroatoms. The Morgan fingerprint density at radius 2 is 1.92 bits per heavy atom. The summed E-state index contributed by atoms with van der Waals surface area (Å²) in [4.78, 5) is 16.3. The average Bonchev–Trinajstić information content (AvgIpc) is 2.81. The van der Waals surface area contributed by atoms with E-state index in [2.05, 4.69) is 21.7 Å². The SMILES string of the molecule is I.NC(=NCC1CC(=O)Nc2ccccc21)NC1CCCCCC1. The topological polar surface area (TPSA) is 79.5 Å². The molecule has 0 radical (unpaired) electrons. The van der Waals surface area contributed by atoms with Gasteiger partial charge in [-0.3, -0.25) is 9.79 Å². The monoisotopic (exact) mass is 442 g/mol. The van der Waals surface area contributed by atoms with Gasteiger partial charge in [-0.25, -0.2) is 0 Å². The summed E-state index contributed by atoms with van der Waals surface area (Å²) < 4.78 is 0. The molecule has 0 aromatic heterocycles. The van der Waals surface area contributed by atoms with Crippen molar-refractivity contribution in [3.05, 3.63) is 29.8 Å². The van der Waals surface area contributed by atoms with Gasteiger partial charge in [0.1, 0.15) is 0 Å². The number of nitrogens with one attached hydrogen (secondary N) is 2. The van der Waals surface area contributed by atoms with Crippen molar-refractivity contribution < 1.29 is 4.79 Å². The van der Waals surface area contributed by atoms with Crippen molar-refractivity contribution in [3.63, 3.8) is 0 Å². The summed E-state index contributed by atoms with van der Waals surface area (Å²) in [6, 6.07) is 8.38. The molecule has 5 nitrogen and oxygen atoms in total. The number of hydrogen-bond acceptors (Lipinski definition) is 2. The molecule has 3 rings (SSSR count). The highest BCUT2D eigenvalue weighted by atomic mass is 127. The van der Waals surface area contributed by atoms with Crippen LogP contribution in [0.2, 0.25) is 0 Å². The molecule has 2 aliphatic rings. The fraction of sp³-hybridized carbons (Fsp3) is 0.556. The standard InChI is InChI=1S/C18H26N4O.HI/c19-18(21-14-7-3-1-2-4-8-14)20-12-13-11-17(23)22-16-10-6-5-9-15(13)16;/h5-6,9-10,13-14H,1-4,7-8,11-12H2,(H,22,23)(H3,19,20,21);1H. The number of nitrogens with two attached hydrogens (primary N) is 1. The van der Waals surface area contributed by atoms with Crippen molar-refractivity contribution in [3.8, 4) is 0 Å². The number of guanidine groups is 1. The first kappa shape index (κ1) is 19.0. The highest BCUT2D eigenvalue weighted by Crippen LogP contribution is 2.31. The summed E-state index contributed by atoms with van der Waals surface area (Å²) in [6.45, 7) is 0.552. The molecule has 1 amide bonds. The van der Waals surface area contributed by atoms with Crippen molar-refractivity contribution >= 4 is 41.5 Å². The minimum Gasteiger partial charge on any atom is -0.370 e. The first-order valence-electron chi connectivity index (χ1n) is 8.67. The average molecular weight is 442 g/mol. The van der Waals surface area contributed by atoms with Gasteiger partial charge < -0.3 is 16.4 Å². The van der Waals surface area contributed by atoms with Gasteiger partial charge in [0, 0.05) is 24.1 Å². The van der Waals surface area contributed by atoms with Crippen LogP contribution in [0.5, 0.6) is 0 Å². The molecule has 1 aromatic rings. The zero-order chi connectivity index (χ0) is 16.1. The number of para-hydroxylation sites is 1. The zero-order valence-corrected chi connectivity index (χ0v) is 16.3. The fourth-order valence-corrected chi connectivity index (χ4v) is 3.55. The third-order valence-corrected chi connectivity index (χ3v) is 4.80. The van der Waals surface area contributed by atoms with Gasteiger partial charge in [-0.15, -0.1) is 24.0 Å². The molecular formula is C18H27IN4O. The predicted molar refractivity (Wildman–Crippen MR) is 109 cm³/mol. The van der Waals surface area contributed by atoms with E-state index in [1.54, 1.807) is 0 Å². The van der Waals surface area contributed by atoms with Crippen molar-refractivity contribution in [2.45, 2.75) is 56.9 Å². The van der Waals surface area contributed by atoms with Crippen LogP contribution in [0, 0.1) is 0 Å². The van der Waals surface area contributed by atoms with E-state index in [9.17, 15) is 4.79 Å². The second-order valence-electron chi connectivity index (χ2n) is 6.60. The molecule has 1 aromatic carbocycles. The number of amides is 1. The van der Waals surface area contributed by atoms with E-state index in [-0.39, 0.29) is 35.8 Å². The second kappa shape index (κ2) is 9.25. The third kappa shape index (κ3) is 5.09. The lowest BCUT2D eigenvalue weighted by Crippen LogP contribution is -2.40. The van der Waals surface area contributed by atoms with E-state index in [0.717, 1.165) is 11.3 Å². The number of benzene rings is 1. The number of carbonyl (C=O) groups excluding carboxylic acids is 1. The summed E-state index contributed by atoms with van der Waals surface area (Å²) in [6.07, 6.45) is 7.99. The van der Waals surface area contributed by atoms with Gasteiger partial charge in [0.05, 0.1) is 6.54 Å². The Bertz CT molecular complexity index is 582. The molecule has 1 fully saturated rings. The number of carbonyl (C=O) groups is 1. The van der Waals surface area contributed by atoms with Gasteiger partial charge in [0.25, 0.3) is 0 Å². The van der Waals surface area contributed by atoms with Crippen LogP contribution in [0.25, 0.3) is 0 Å². The molecule has 0 saturated heterocycles. The molecule has 24 heavy (non-hydrogen) atoms. The first-order chi connectivity index (χ1) is 11.2. The summed E-state index contributed by atoms with van der Waals surface area (Å²) >= 11 is 0. The molecule has 0 spiro atoms. The molecular weight excluding hydrogens is 415 g/mol. The minimum absolute atomic E-state index is 0. The smallest absolute Gasteiger partial charge is 0.225 e. The summed E-state index contributed by atoms with van der Waals surface area (Å²) in [7, 11) is 0. The van der Waals surface area contributed by atoms with Crippen LogP contribution in [0.3, 0.4) is 0 Å². The highest BCUT2D eigenvalue weighted by Gasteiger charge is 2.24. The number of nitrogens with zero attached hydrogens (tertiary/aromatic N) is 1. The van der Waals surface area contributed by atoms with Crippen LogP contribution in [0.15, 0.2) is 29.3 Å². The van der Waals surface area contributed by atoms with Gasteiger partial charge in [-0.1, -0.05) is 43.9 Å². The number of aliphatic imine (C=N–C) groups is 1. The van der Waals surface area contributed by atoms with Gasteiger partial charge in [-0.05, 0) is 24.5 Å². The summed E-state index contributed by atoms with van der Waals surface area (Å²) in [5, 5.41) is 6.28. The van der Waals surface area contributed by atoms with E-state index in [1.807, 2.05) is 18.2 Å². The van der Waals surface area contributed by atoms with Crippen molar-refractivity contribution in [1.29, 1.82) is 0 Å². The molecule has 132 valence electrons. The Morgan fingerprint density at radius 1 is 1.21 bits per heavy atom. The maximum Gasteiger partial charge on any atom is 0.225 e. The lowest BCUT2D eigenvalue weighted by atomic mass is 9.91. The van der Waals surface area contributed by atoms with Crippen molar-refractivity contribution in [1.82, 2.24) is 5.32 Å². The predicted octanol–water partition coefficient (Wildman–Crippen LogP) is 3.36. The van der Waals surface area contributed by atoms with Crippen LogP contribution >= 0.6 is 24.0 Å². The maximum absolute atomic E-state index is 11.8. The Kier molecular flexibility index (Phi) is 7.33. The summed E-state index contributed by atoms with van der Waals surface area (Å²) in [5.74, 6) is 0.675. The lowest BCUT2D eigenvalue weighted by Gasteiger charge is -2.24. The molecule has 4 N–H and O–H groups in total. The number of halogens is 1. The fourth-order valence-electron chi connectivity index (χ4n) is 3.55. The van der Waals surface area contributed by atoms with E-state index in [1.165, 1.54) is 38.5 Å². The van der Waals surface area contributed by atoms with E-state index < -0.39 is 0 Å². The first-order valence-corrected chi connectivity index (χ1v) is 8.67. The zero-order valence-electron chi connectivity index (χ0n) is 14.0. The van der Waals surface area contributed by atoms with Crippen LogP contribution < -0.4 is 16.4 Å². The Hall–Kier alpha value is -1.31. The quantitative estimate of drug-likeness (QED) is 0.291. The third-order valence-electron chi connectivity index (χ3n) is 4.80. The van der Waals surface area contributed by atoms with Gasteiger partial charge in [0.15, 0.2) is 5.96 Å². The Labute approximate surface area is 160 Å². The normalized spacial score (nSPS) is 21.9. The Balaban J connectivity index is 0.00000208. The van der Waals surface area contributed by atoms with E-state index >= 15 is 0 Å². The number of hydrogen-bond donors (Lipinski definition) is 3. The van der Waals surface area contributed by atoms with Crippen LogP contribution in [-0.2, 0) is 4.79 Å². The maximum atomic E-state index is 11.8. The highest BCUT2D eigenvalue weighted by molar-refractivity contribution is 14.0. The van der Waals surface area contributed by atoms with Crippen molar-refractivity contribution in [2.24, 2.45) is 10.7 Å². The molecule has 1 atom stereocenters. The number of rotatable bonds is 3. The molecule has 1 aliphatic carbocycles. The molecule has 0 bridgehead atoms.